The smallest absolute Gasteiger partial charge is 0.338 e. The Kier molecular flexibility index (Phi) is 4.49. The molecule has 0 aromatic heterocycles. The van der Waals surface area contributed by atoms with Crippen molar-refractivity contribution in [3.05, 3.63) is 46.9 Å². The first-order chi connectivity index (χ1) is 10.4. The Morgan fingerprint density at radius 2 is 2.05 bits per heavy atom. The van der Waals surface area contributed by atoms with Crippen molar-refractivity contribution in [3.63, 3.8) is 0 Å². The van der Waals surface area contributed by atoms with Crippen LogP contribution in [0.5, 0.6) is 0 Å². The molecule has 0 bridgehead atoms. The van der Waals surface area contributed by atoms with Crippen molar-refractivity contribution in [2.75, 3.05) is 20.7 Å². The summed E-state index contributed by atoms with van der Waals surface area (Å²) in [6.45, 7) is 3.63. The standard InChI is InChI=1S/C16H19FN2O3/c1-5-22-15(20)13-10(2)18(3)16(21)19(4)14(13)11-7-6-8-12(17)9-11/h6-9,14H,5H2,1-4H3/t14-/m1/s1. The van der Waals surface area contributed by atoms with Gasteiger partial charge in [-0.15, -0.1) is 0 Å². The molecule has 1 heterocycles. The molecule has 1 aliphatic heterocycles. The monoisotopic (exact) mass is 306 g/mol. The van der Waals surface area contributed by atoms with E-state index in [-0.39, 0.29) is 12.6 Å². The number of esters is 1. The van der Waals surface area contributed by atoms with Crippen LogP contribution in [0.3, 0.4) is 0 Å². The van der Waals surface area contributed by atoms with Crippen LogP contribution in [-0.2, 0) is 9.53 Å². The highest BCUT2D eigenvalue weighted by Gasteiger charge is 2.39. The highest BCUT2D eigenvalue weighted by molar-refractivity contribution is 5.94. The van der Waals surface area contributed by atoms with Gasteiger partial charge in [0, 0.05) is 19.8 Å². The van der Waals surface area contributed by atoms with E-state index < -0.39 is 17.8 Å². The van der Waals surface area contributed by atoms with Crippen LogP contribution in [0.1, 0.15) is 25.5 Å². The van der Waals surface area contributed by atoms with E-state index in [4.69, 9.17) is 4.74 Å². The second kappa shape index (κ2) is 6.17. The fraction of sp³-hybridized carbons (Fsp3) is 0.375. The number of carbonyl (C=O) groups is 2. The minimum absolute atomic E-state index is 0.229. The molecule has 0 spiro atoms. The number of likely N-dealkylation sites (N-methyl/N-ethyl adjacent to an activating group) is 1. The Hall–Kier alpha value is -2.37. The van der Waals surface area contributed by atoms with Crippen molar-refractivity contribution in [3.8, 4) is 0 Å². The molecular weight excluding hydrogens is 287 g/mol. The topological polar surface area (TPSA) is 49.9 Å². The van der Waals surface area contributed by atoms with Gasteiger partial charge in [0.25, 0.3) is 0 Å². The van der Waals surface area contributed by atoms with E-state index in [0.717, 1.165) is 0 Å². The highest BCUT2D eigenvalue weighted by Crippen LogP contribution is 2.36. The van der Waals surface area contributed by atoms with Crippen LogP contribution in [0.4, 0.5) is 9.18 Å². The van der Waals surface area contributed by atoms with Gasteiger partial charge >= 0.3 is 12.0 Å². The second-order valence-corrected chi connectivity index (χ2v) is 5.13. The maximum atomic E-state index is 13.6. The van der Waals surface area contributed by atoms with Gasteiger partial charge < -0.3 is 14.5 Å². The molecule has 2 rings (SSSR count). The highest BCUT2D eigenvalue weighted by atomic mass is 19.1. The maximum Gasteiger partial charge on any atom is 0.338 e. The lowest BCUT2D eigenvalue weighted by molar-refractivity contribution is -0.139. The molecule has 0 unspecified atom stereocenters. The van der Waals surface area contributed by atoms with Crippen LogP contribution in [0.15, 0.2) is 35.5 Å². The summed E-state index contributed by atoms with van der Waals surface area (Å²) in [5.74, 6) is -0.918. The van der Waals surface area contributed by atoms with E-state index >= 15 is 0 Å². The van der Waals surface area contributed by atoms with Crippen molar-refractivity contribution in [1.82, 2.24) is 9.80 Å². The largest absolute Gasteiger partial charge is 0.463 e. The van der Waals surface area contributed by atoms with Crippen LogP contribution in [0.2, 0.25) is 0 Å². The van der Waals surface area contributed by atoms with Gasteiger partial charge in [0.05, 0.1) is 18.2 Å². The fourth-order valence-corrected chi connectivity index (χ4v) is 2.60. The summed E-state index contributed by atoms with van der Waals surface area (Å²) < 4.78 is 18.7. The Balaban J connectivity index is 2.60. The van der Waals surface area contributed by atoms with Gasteiger partial charge in [-0.2, -0.15) is 0 Å². The molecule has 1 atom stereocenters. The normalized spacial score (nSPS) is 18.8. The molecule has 0 N–H and O–H groups in total. The molecule has 0 saturated heterocycles. The molecule has 0 fully saturated rings. The van der Waals surface area contributed by atoms with Crippen LogP contribution in [-0.4, -0.2) is 42.5 Å². The Labute approximate surface area is 129 Å². The first-order valence-electron chi connectivity index (χ1n) is 7.02. The predicted octanol–water partition coefficient (Wildman–Crippen LogP) is 2.70. The zero-order chi connectivity index (χ0) is 16.4. The zero-order valence-electron chi connectivity index (χ0n) is 13.1. The van der Waals surface area contributed by atoms with Crippen molar-refractivity contribution in [2.24, 2.45) is 0 Å². The second-order valence-electron chi connectivity index (χ2n) is 5.13. The molecule has 1 aliphatic rings. The molecule has 5 nitrogen and oxygen atoms in total. The van der Waals surface area contributed by atoms with Gasteiger partial charge in [-0.1, -0.05) is 12.1 Å². The van der Waals surface area contributed by atoms with Crippen LogP contribution in [0.25, 0.3) is 0 Å². The number of halogens is 1. The molecule has 1 aromatic rings. The summed E-state index contributed by atoms with van der Waals surface area (Å²) in [7, 11) is 3.18. The molecule has 0 radical (unpaired) electrons. The summed E-state index contributed by atoms with van der Waals surface area (Å²) in [4.78, 5) is 27.4. The van der Waals surface area contributed by atoms with Gasteiger partial charge in [-0.3, -0.25) is 0 Å². The summed E-state index contributed by atoms with van der Waals surface area (Å²) in [5.41, 5.74) is 1.39. The van der Waals surface area contributed by atoms with E-state index in [2.05, 4.69) is 0 Å². The zero-order valence-corrected chi connectivity index (χ0v) is 13.1. The number of urea groups is 1. The van der Waals surface area contributed by atoms with Crippen molar-refractivity contribution < 1.29 is 18.7 Å². The number of benzene rings is 1. The number of carbonyl (C=O) groups excluding carboxylic acids is 2. The van der Waals surface area contributed by atoms with E-state index in [0.29, 0.717) is 16.8 Å². The van der Waals surface area contributed by atoms with E-state index in [1.54, 1.807) is 40.1 Å². The van der Waals surface area contributed by atoms with Gasteiger partial charge in [-0.25, -0.2) is 14.0 Å². The minimum atomic E-state index is -0.668. The quantitative estimate of drug-likeness (QED) is 0.807. The molecule has 6 heteroatoms. The Bertz CT molecular complexity index is 642. The fourth-order valence-electron chi connectivity index (χ4n) is 2.60. The molecule has 2 amide bonds. The summed E-state index contributed by atoms with van der Waals surface area (Å²) in [6.07, 6.45) is 0. The molecule has 22 heavy (non-hydrogen) atoms. The van der Waals surface area contributed by atoms with Gasteiger partial charge in [0.2, 0.25) is 0 Å². The summed E-state index contributed by atoms with van der Waals surface area (Å²) in [5, 5.41) is 0. The Morgan fingerprint density at radius 3 is 2.64 bits per heavy atom. The third kappa shape index (κ3) is 2.68. The van der Waals surface area contributed by atoms with Crippen LogP contribution >= 0.6 is 0 Å². The van der Waals surface area contributed by atoms with Crippen molar-refractivity contribution in [2.45, 2.75) is 19.9 Å². The average molecular weight is 306 g/mol. The molecule has 0 saturated carbocycles. The number of rotatable bonds is 3. The number of allylic oxidation sites excluding steroid dienone is 1. The number of amides is 2. The lowest BCUT2D eigenvalue weighted by Crippen LogP contribution is -2.47. The van der Waals surface area contributed by atoms with Gasteiger partial charge in [0.15, 0.2) is 0 Å². The lowest BCUT2D eigenvalue weighted by atomic mass is 9.93. The van der Waals surface area contributed by atoms with Crippen molar-refractivity contribution >= 4 is 12.0 Å². The maximum absolute atomic E-state index is 13.6. The predicted molar refractivity (Wildman–Crippen MR) is 79.4 cm³/mol. The van der Waals surface area contributed by atoms with Gasteiger partial charge in [-0.05, 0) is 31.5 Å². The van der Waals surface area contributed by atoms with Gasteiger partial charge in [0.1, 0.15) is 5.82 Å². The molecule has 0 aliphatic carbocycles. The first kappa shape index (κ1) is 16.0. The van der Waals surface area contributed by atoms with E-state index in [1.165, 1.54) is 21.9 Å². The summed E-state index contributed by atoms with van der Waals surface area (Å²) in [6, 6.07) is 4.96. The van der Waals surface area contributed by atoms with Crippen LogP contribution < -0.4 is 0 Å². The van der Waals surface area contributed by atoms with E-state index in [1.807, 2.05) is 0 Å². The molecular formula is C16H19FN2O3. The number of ether oxygens (including phenoxy) is 1. The number of hydrogen-bond acceptors (Lipinski definition) is 3. The number of hydrogen-bond donors (Lipinski definition) is 0. The van der Waals surface area contributed by atoms with E-state index in [9.17, 15) is 14.0 Å². The minimum Gasteiger partial charge on any atom is -0.463 e. The average Bonchev–Trinajstić information content (AvgIpc) is 2.48. The first-order valence-corrected chi connectivity index (χ1v) is 7.02. The van der Waals surface area contributed by atoms with Crippen LogP contribution in [0, 0.1) is 5.82 Å². The molecule has 118 valence electrons. The van der Waals surface area contributed by atoms with Crippen molar-refractivity contribution in [1.29, 1.82) is 0 Å². The summed E-state index contributed by atoms with van der Waals surface area (Å²) >= 11 is 0. The molecule has 1 aromatic carbocycles. The lowest BCUT2D eigenvalue weighted by Gasteiger charge is -2.39. The third-order valence-corrected chi connectivity index (χ3v) is 3.80. The Morgan fingerprint density at radius 1 is 1.36 bits per heavy atom. The third-order valence-electron chi connectivity index (χ3n) is 3.80. The SMILES string of the molecule is CCOC(=O)C1=C(C)N(C)C(=O)N(C)[C@@H]1c1cccc(F)c1. The number of nitrogens with zero attached hydrogens (tertiary/aromatic N) is 2.